The summed E-state index contributed by atoms with van der Waals surface area (Å²) in [7, 11) is 0. The Morgan fingerprint density at radius 3 is 2.79 bits per heavy atom. The van der Waals surface area contributed by atoms with Gasteiger partial charge in [0, 0.05) is 12.5 Å². The molecule has 0 aliphatic heterocycles. The highest BCUT2D eigenvalue weighted by molar-refractivity contribution is 5.73. The fraction of sp³-hybridized carbons (Fsp3) is 0.250. The minimum Gasteiger partial charge on any atom is -0.480 e. The molecule has 1 aromatic rings. The summed E-state index contributed by atoms with van der Waals surface area (Å²) in [4.78, 5) is 13.7. The van der Waals surface area contributed by atoms with E-state index in [0.717, 1.165) is 6.20 Å². The van der Waals surface area contributed by atoms with Crippen molar-refractivity contribution in [2.45, 2.75) is 12.5 Å². The summed E-state index contributed by atoms with van der Waals surface area (Å²) in [5.74, 6) is -2.95. The molecule has 0 bridgehead atoms. The molecule has 4 nitrogen and oxygen atoms in total. The highest BCUT2D eigenvalue weighted by Gasteiger charge is 2.15. The molecule has 1 rings (SSSR count). The van der Waals surface area contributed by atoms with Crippen LogP contribution < -0.4 is 5.73 Å². The fourth-order valence-electron chi connectivity index (χ4n) is 0.889. The number of carboxylic acid groups (broad SMARTS) is 1. The minimum atomic E-state index is -1.25. The lowest BCUT2D eigenvalue weighted by Crippen LogP contribution is -2.32. The van der Waals surface area contributed by atoms with Gasteiger partial charge in [0.2, 0.25) is 0 Å². The molecular weight excluding hydrogens is 194 g/mol. The van der Waals surface area contributed by atoms with Crippen molar-refractivity contribution in [3.05, 3.63) is 29.6 Å². The second-order valence-corrected chi connectivity index (χ2v) is 2.73. The Hall–Kier alpha value is -1.56. The Balaban J connectivity index is 2.82. The molecule has 0 saturated carbocycles. The molecular formula is C8H8F2N2O2. The van der Waals surface area contributed by atoms with Crippen LogP contribution in [-0.4, -0.2) is 22.1 Å². The van der Waals surface area contributed by atoms with Gasteiger partial charge in [0.15, 0.2) is 0 Å². The lowest BCUT2D eigenvalue weighted by molar-refractivity contribution is -0.138. The number of hydrogen-bond donors (Lipinski definition) is 2. The Bertz CT molecular complexity index is 357. The monoisotopic (exact) mass is 202 g/mol. The number of hydrogen-bond acceptors (Lipinski definition) is 3. The number of rotatable bonds is 3. The third-order valence-corrected chi connectivity index (χ3v) is 1.61. The van der Waals surface area contributed by atoms with Crippen LogP contribution in [0.1, 0.15) is 5.69 Å². The lowest BCUT2D eigenvalue weighted by Gasteiger charge is -2.05. The zero-order chi connectivity index (χ0) is 10.7. The van der Waals surface area contributed by atoms with Crippen molar-refractivity contribution in [3.8, 4) is 0 Å². The molecule has 0 radical (unpaired) electrons. The number of nitrogens with two attached hydrogens (primary N) is 1. The van der Waals surface area contributed by atoms with E-state index in [9.17, 15) is 13.6 Å². The minimum absolute atomic E-state index is 0.152. The molecule has 1 aromatic heterocycles. The number of pyridine rings is 1. The van der Waals surface area contributed by atoms with E-state index in [4.69, 9.17) is 10.8 Å². The SMILES string of the molecule is NC(Cc1ncc(F)cc1F)C(=O)O. The van der Waals surface area contributed by atoms with Crippen LogP contribution in [0.4, 0.5) is 8.78 Å². The molecule has 0 saturated heterocycles. The van der Waals surface area contributed by atoms with E-state index in [-0.39, 0.29) is 12.1 Å². The number of carbonyl (C=O) groups is 1. The molecule has 6 heteroatoms. The van der Waals surface area contributed by atoms with Crippen LogP contribution in [0.2, 0.25) is 0 Å². The van der Waals surface area contributed by atoms with E-state index in [1.807, 2.05) is 0 Å². The predicted octanol–water partition coefficient (Wildman–Crippen LogP) is 0.314. The first-order chi connectivity index (χ1) is 6.50. The number of aromatic nitrogens is 1. The van der Waals surface area contributed by atoms with E-state index in [0.29, 0.717) is 6.07 Å². The number of aliphatic carboxylic acids is 1. The molecule has 0 aromatic carbocycles. The second-order valence-electron chi connectivity index (χ2n) is 2.73. The maximum atomic E-state index is 12.9. The predicted molar refractivity (Wildman–Crippen MR) is 43.5 cm³/mol. The van der Waals surface area contributed by atoms with Gasteiger partial charge in [-0.3, -0.25) is 9.78 Å². The summed E-state index contributed by atoms with van der Waals surface area (Å²) in [5.41, 5.74) is 5.00. The third-order valence-electron chi connectivity index (χ3n) is 1.61. The van der Waals surface area contributed by atoms with Gasteiger partial charge in [-0.15, -0.1) is 0 Å². The highest BCUT2D eigenvalue weighted by Crippen LogP contribution is 2.07. The first-order valence-electron chi connectivity index (χ1n) is 3.79. The maximum absolute atomic E-state index is 12.9. The molecule has 14 heavy (non-hydrogen) atoms. The van der Waals surface area contributed by atoms with Gasteiger partial charge in [0.25, 0.3) is 0 Å². The van der Waals surface area contributed by atoms with Crippen LogP contribution in [0.3, 0.4) is 0 Å². The summed E-state index contributed by atoms with van der Waals surface area (Å²) >= 11 is 0. The number of carboxylic acids is 1. The standard InChI is InChI=1S/C8H8F2N2O2/c9-4-1-5(10)7(12-3-4)2-6(11)8(13)14/h1,3,6H,2,11H2,(H,13,14). The maximum Gasteiger partial charge on any atom is 0.320 e. The molecule has 0 amide bonds. The van der Waals surface area contributed by atoms with Gasteiger partial charge in [0.1, 0.15) is 17.7 Å². The van der Waals surface area contributed by atoms with Crippen molar-refractivity contribution in [3.63, 3.8) is 0 Å². The van der Waals surface area contributed by atoms with Crippen LogP contribution in [0, 0.1) is 11.6 Å². The van der Waals surface area contributed by atoms with Crippen molar-refractivity contribution in [1.29, 1.82) is 0 Å². The summed E-state index contributed by atoms with van der Waals surface area (Å²) in [6, 6.07) is -0.598. The molecule has 0 aliphatic rings. The van der Waals surface area contributed by atoms with Crippen LogP contribution in [0.5, 0.6) is 0 Å². The van der Waals surface area contributed by atoms with Crippen LogP contribution >= 0.6 is 0 Å². The fourth-order valence-corrected chi connectivity index (χ4v) is 0.889. The van der Waals surface area contributed by atoms with E-state index in [1.54, 1.807) is 0 Å². The third kappa shape index (κ3) is 2.46. The van der Waals surface area contributed by atoms with E-state index in [1.165, 1.54) is 0 Å². The van der Waals surface area contributed by atoms with Crippen molar-refractivity contribution < 1.29 is 18.7 Å². The first kappa shape index (κ1) is 10.5. The Morgan fingerprint density at radius 1 is 1.64 bits per heavy atom. The van der Waals surface area contributed by atoms with Crippen molar-refractivity contribution in [1.82, 2.24) is 4.98 Å². The average molecular weight is 202 g/mol. The normalized spacial score (nSPS) is 12.5. The van der Waals surface area contributed by atoms with Gasteiger partial charge in [-0.2, -0.15) is 0 Å². The van der Waals surface area contributed by atoms with Gasteiger partial charge >= 0.3 is 5.97 Å². The van der Waals surface area contributed by atoms with Gasteiger partial charge in [-0.05, 0) is 0 Å². The number of nitrogens with zero attached hydrogens (tertiary/aromatic N) is 1. The average Bonchev–Trinajstić information content (AvgIpc) is 2.09. The summed E-state index contributed by atoms with van der Waals surface area (Å²) in [6.45, 7) is 0. The van der Waals surface area contributed by atoms with Crippen LogP contribution in [0.25, 0.3) is 0 Å². The Morgan fingerprint density at radius 2 is 2.29 bits per heavy atom. The van der Waals surface area contributed by atoms with Crippen molar-refractivity contribution in [2.75, 3.05) is 0 Å². The molecule has 0 aliphatic carbocycles. The first-order valence-corrected chi connectivity index (χ1v) is 3.79. The molecule has 0 fully saturated rings. The highest BCUT2D eigenvalue weighted by atomic mass is 19.1. The van der Waals surface area contributed by atoms with Gasteiger partial charge in [-0.25, -0.2) is 8.78 Å². The second kappa shape index (κ2) is 4.10. The summed E-state index contributed by atoms with van der Waals surface area (Å²) < 4.78 is 25.3. The molecule has 76 valence electrons. The van der Waals surface area contributed by atoms with Crippen molar-refractivity contribution >= 4 is 5.97 Å². The molecule has 1 heterocycles. The van der Waals surface area contributed by atoms with Crippen LogP contribution in [-0.2, 0) is 11.2 Å². The summed E-state index contributed by atoms with van der Waals surface area (Å²) in [5, 5.41) is 8.44. The smallest absolute Gasteiger partial charge is 0.320 e. The Labute approximate surface area is 78.4 Å². The van der Waals surface area contributed by atoms with E-state index < -0.39 is 23.6 Å². The zero-order valence-electron chi connectivity index (χ0n) is 7.08. The molecule has 1 atom stereocenters. The molecule has 1 unspecified atom stereocenters. The van der Waals surface area contributed by atoms with E-state index in [2.05, 4.69) is 4.98 Å². The number of halogens is 2. The topological polar surface area (TPSA) is 76.2 Å². The lowest BCUT2D eigenvalue weighted by atomic mass is 10.1. The summed E-state index contributed by atoms with van der Waals surface area (Å²) in [6.07, 6.45) is 0.550. The molecule has 0 spiro atoms. The van der Waals surface area contributed by atoms with Crippen LogP contribution in [0.15, 0.2) is 12.3 Å². The largest absolute Gasteiger partial charge is 0.480 e. The van der Waals surface area contributed by atoms with E-state index >= 15 is 0 Å². The van der Waals surface area contributed by atoms with Crippen molar-refractivity contribution in [2.24, 2.45) is 5.73 Å². The Kier molecular flexibility index (Phi) is 3.08. The quantitative estimate of drug-likeness (QED) is 0.739. The van der Waals surface area contributed by atoms with Gasteiger partial charge in [0.05, 0.1) is 11.9 Å². The van der Waals surface area contributed by atoms with Gasteiger partial charge < -0.3 is 10.8 Å². The van der Waals surface area contributed by atoms with Gasteiger partial charge in [-0.1, -0.05) is 0 Å². The zero-order valence-corrected chi connectivity index (χ0v) is 7.08. The molecule has 3 N–H and O–H groups in total.